The molecule has 0 amide bonds. The lowest BCUT2D eigenvalue weighted by atomic mass is 9.75. The van der Waals surface area contributed by atoms with Gasteiger partial charge in [-0.1, -0.05) is 6.07 Å². The minimum atomic E-state index is -4.88. The zero-order chi connectivity index (χ0) is 22.0. The number of ether oxygens (including phenoxy) is 1. The summed E-state index contributed by atoms with van der Waals surface area (Å²) >= 11 is 2.90. The van der Waals surface area contributed by atoms with E-state index in [1.807, 2.05) is 0 Å². The van der Waals surface area contributed by atoms with Gasteiger partial charge in [-0.05, 0) is 33.6 Å². The van der Waals surface area contributed by atoms with Crippen LogP contribution in [0.25, 0.3) is 0 Å². The average molecular weight is 499 g/mol. The van der Waals surface area contributed by atoms with E-state index in [2.05, 4.69) is 25.7 Å². The molecule has 2 atom stereocenters. The molecule has 0 bridgehead atoms. The lowest BCUT2D eigenvalue weighted by Crippen LogP contribution is -2.42. The monoisotopic (exact) mass is 498 g/mol. The fraction of sp³-hybridized carbons (Fsp3) is 0.333. The van der Waals surface area contributed by atoms with Crippen LogP contribution in [0.1, 0.15) is 22.3 Å². The van der Waals surface area contributed by atoms with Gasteiger partial charge < -0.3 is 9.64 Å². The molecule has 12 heteroatoms. The number of aliphatic imine (C=N–C) groups is 1. The average Bonchev–Trinajstić information content (AvgIpc) is 3.00. The van der Waals surface area contributed by atoms with Crippen molar-refractivity contribution >= 4 is 27.5 Å². The van der Waals surface area contributed by atoms with E-state index in [1.165, 1.54) is 12.1 Å². The number of ketones is 1. The first-order valence-corrected chi connectivity index (χ1v) is 9.21. The van der Waals surface area contributed by atoms with E-state index in [0.29, 0.717) is 12.3 Å². The summed E-state index contributed by atoms with van der Waals surface area (Å²) in [5.41, 5.74) is -3.56. The van der Waals surface area contributed by atoms with Crippen LogP contribution < -0.4 is 0 Å². The van der Waals surface area contributed by atoms with Gasteiger partial charge in [-0.2, -0.15) is 22.0 Å². The summed E-state index contributed by atoms with van der Waals surface area (Å²) in [7, 11) is 0. The zero-order valence-corrected chi connectivity index (χ0v) is 16.2. The number of Topliss-reactive ketones (excluding diaryl/α,β-unsaturated/α-hetero) is 1. The number of nitrogens with zero attached hydrogens (tertiary/aromatic N) is 2. The van der Waals surface area contributed by atoms with Gasteiger partial charge in [0.1, 0.15) is 11.4 Å². The fourth-order valence-electron chi connectivity index (χ4n) is 3.80. The highest BCUT2D eigenvalue weighted by atomic mass is 79.9. The number of fused-ring (bicyclic) bond motifs is 3. The van der Waals surface area contributed by atoms with Crippen LogP contribution in [0.5, 0.6) is 0 Å². The smallest absolute Gasteiger partial charge is 0.417 e. The lowest BCUT2D eigenvalue weighted by Gasteiger charge is -2.34. The molecule has 30 heavy (non-hydrogen) atoms. The van der Waals surface area contributed by atoms with Crippen LogP contribution in [-0.4, -0.2) is 42.0 Å². The van der Waals surface area contributed by atoms with E-state index in [9.17, 15) is 35.5 Å². The number of hydrogen-bond donors (Lipinski definition) is 0. The van der Waals surface area contributed by atoms with Crippen molar-refractivity contribution in [3.05, 3.63) is 57.2 Å². The summed E-state index contributed by atoms with van der Waals surface area (Å²) in [6.07, 6.45) is -6.65. The predicted octanol–water partition coefficient (Wildman–Crippen LogP) is 5.01. The number of allylic oxidation sites excluding steroid dienone is 2. The van der Waals surface area contributed by atoms with Crippen molar-refractivity contribution in [1.29, 1.82) is 0 Å². The molecule has 0 unspecified atom stereocenters. The maximum absolute atomic E-state index is 14.6. The third-order valence-corrected chi connectivity index (χ3v) is 5.63. The molecule has 0 saturated heterocycles. The van der Waals surface area contributed by atoms with Crippen LogP contribution in [0.3, 0.4) is 0 Å². The van der Waals surface area contributed by atoms with Crippen molar-refractivity contribution in [3.63, 3.8) is 0 Å². The minimum absolute atomic E-state index is 0.0395. The van der Waals surface area contributed by atoms with E-state index in [-0.39, 0.29) is 15.9 Å². The highest BCUT2D eigenvalue weighted by Gasteiger charge is 2.52. The number of carbonyl (C=O) groups is 1. The van der Waals surface area contributed by atoms with Crippen LogP contribution in [0, 0.1) is 5.82 Å². The highest BCUT2D eigenvalue weighted by Crippen LogP contribution is 2.47. The van der Waals surface area contributed by atoms with Crippen molar-refractivity contribution < 1.29 is 40.3 Å². The summed E-state index contributed by atoms with van der Waals surface area (Å²) in [5, 5.41) is 0. The number of carbonyl (C=O) groups excluding carboxylic acids is 1. The van der Waals surface area contributed by atoms with E-state index < -0.39 is 66.0 Å². The molecule has 0 fully saturated rings. The molecule has 1 aromatic carbocycles. The normalized spacial score (nSPS) is 25.8. The van der Waals surface area contributed by atoms with Crippen molar-refractivity contribution in [1.82, 2.24) is 4.90 Å². The van der Waals surface area contributed by atoms with Gasteiger partial charge in [0, 0.05) is 12.6 Å². The zero-order valence-electron chi connectivity index (χ0n) is 14.6. The number of amidine groups is 1. The van der Waals surface area contributed by atoms with Crippen LogP contribution in [0.4, 0.5) is 30.7 Å². The summed E-state index contributed by atoms with van der Waals surface area (Å²) in [6.45, 7) is -3.86. The fourth-order valence-corrected chi connectivity index (χ4v) is 4.13. The van der Waals surface area contributed by atoms with Crippen molar-refractivity contribution in [2.45, 2.75) is 30.9 Å². The molecule has 0 N–H and O–H groups in total. The van der Waals surface area contributed by atoms with Crippen molar-refractivity contribution in [2.24, 2.45) is 4.99 Å². The topological polar surface area (TPSA) is 41.9 Å². The Morgan fingerprint density at radius 3 is 2.63 bits per heavy atom. The summed E-state index contributed by atoms with van der Waals surface area (Å²) in [6, 6.07) is 2.56. The SMILES string of the molecule is O=C1c2c(ccc(Br)c2F)[C@@]2(C[C@@H]1F)CN1C=C(C(F)(F)F)C=C(OC(F)F)C1=N2. The second-order valence-corrected chi connectivity index (χ2v) is 7.74. The van der Waals surface area contributed by atoms with Gasteiger partial charge in [0.05, 0.1) is 22.2 Å². The predicted molar refractivity (Wildman–Crippen MR) is 93.1 cm³/mol. The second kappa shape index (κ2) is 6.82. The first-order valence-electron chi connectivity index (χ1n) is 8.42. The highest BCUT2D eigenvalue weighted by molar-refractivity contribution is 9.10. The van der Waals surface area contributed by atoms with Crippen LogP contribution >= 0.6 is 15.9 Å². The van der Waals surface area contributed by atoms with Gasteiger partial charge in [-0.25, -0.2) is 8.78 Å². The summed E-state index contributed by atoms with van der Waals surface area (Å²) < 4.78 is 98.4. The molecule has 1 aromatic rings. The number of halogens is 8. The third-order valence-electron chi connectivity index (χ3n) is 5.01. The molecule has 2 heterocycles. The number of benzene rings is 1. The Bertz CT molecular complexity index is 1030. The molecular weight excluding hydrogens is 489 g/mol. The lowest BCUT2D eigenvalue weighted by molar-refractivity contribution is -0.0981. The van der Waals surface area contributed by atoms with Gasteiger partial charge in [-0.15, -0.1) is 0 Å². The van der Waals surface area contributed by atoms with Crippen molar-refractivity contribution in [2.75, 3.05) is 6.54 Å². The van der Waals surface area contributed by atoms with Crippen LogP contribution in [-0.2, 0) is 10.3 Å². The van der Waals surface area contributed by atoms with E-state index >= 15 is 0 Å². The minimum Gasteiger partial charge on any atom is -0.431 e. The first kappa shape index (κ1) is 20.9. The number of hydrogen-bond acceptors (Lipinski definition) is 4. The molecule has 4 nitrogen and oxygen atoms in total. The molecule has 4 rings (SSSR count). The molecule has 1 aliphatic carbocycles. The second-order valence-electron chi connectivity index (χ2n) is 6.88. The van der Waals surface area contributed by atoms with E-state index in [0.717, 1.165) is 4.90 Å². The Morgan fingerprint density at radius 2 is 2.00 bits per heavy atom. The van der Waals surface area contributed by atoms with Gasteiger partial charge in [0.25, 0.3) is 0 Å². The van der Waals surface area contributed by atoms with E-state index in [1.54, 1.807) is 0 Å². The van der Waals surface area contributed by atoms with Gasteiger partial charge in [0.2, 0.25) is 0 Å². The Kier molecular flexibility index (Phi) is 4.75. The molecule has 1 spiro atoms. The quantitative estimate of drug-likeness (QED) is 0.538. The van der Waals surface area contributed by atoms with E-state index in [4.69, 9.17) is 0 Å². The molecule has 0 aromatic heterocycles. The summed E-state index contributed by atoms with van der Waals surface area (Å²) in [4.78, 5) is 17.3. The summed E-state index contributed by atoms with van der Waals surface area (Å²) in [5.74, 6) is -3.40. The van der Waals surface area contributed by atoms with Crippen molar-refractivity contribution in [3.8, 4) is 0 Å². The van der Waals surface area contributed by atoms with Gasteiger partial charge in [0.15, 0.2) is 23.5 Å². The molecular formula is C18H10BrF7N2O2. The maximum Gasteiger partial charge on any atom is 0.417 e. The largest absolute Gasteiger partial charge is 0.431 e. The van der Waals surface area contributed by atoms with Crippen LogP contribution in [0.2, 0.25) is 0 Å². The third kappa shape index (κ3) is 3.21. The molecule has 3 aliphatic rings. The molecule has 2 aliphatic heterocycles. The van der Waals surface area contributed by atoms with Crippen LogP contribution in [0.15, 0.2) is 45.2 Å². The van der Waals surface area contributed by atoms with Gasteiger partial charge in [-0.3, -0.25) is 9.79 Å². The first-order chi connectivity index (χ1) is 13.9. The Morgan fingerprint density at radius 1 is 1.30 bits per heavy atom. The molecule has 0 saturated carbocycles. The molecule has 0 radical (unpaired) electrons. The van der Waals surface area contributed by atoms with Gasteiger partial charge >= 0.3 is 12.8 Å². The Balaban J connectivity index is 1.88. The Hall–Kier alpha value is -2.37. The Labute approximate surface area is 172 Å². The standard InChI is InChI=1S/C18H10BrF7N2O2/c19-9-2-1-8-12(13(9)21)14(29)10(20)4-17(8)6-28-5-7(18(24,25)26)3-11(15(28)27-17)30-16(22)23/h1-3,5,10,16H,4,6H2/t10-,17+/m0/s1. The number of alkyl halides is 6. The molecule has 160 valence electrons. The maximum atomic E-state index is 14.6. The number of rotatable bonds is 2.